The van der Waals surface area contributed by atoms with Gasteiger partial charge in [0.25, 0.3) is 0 Å². The molecule has 0 aromatic heterocycles. The molecule has 0 unspecified atom stereocenters. The van der Waals surface area contributed by atoms with Gasteiger partial charge in [-0.1, -0.05) is 0 Å². The van der Waals surface area contributed by atoms with Crippen LogP contribution in [0, 0.1) is 0 Å². The van der Waals surface area contributed by atoms with Gasteiger partial charge < -0.3 is 0 Å². The average Bonchev–Trinajstić information content (AvgIpc) is 1.88. The number of morpholine rings is 1. The van der Waals surface area contributed by atoms with Crippen LogP contribution in [0.2, 0.25) is 14.8 Å². The zero-order chi connectivity index (χ0) is 7.61. The fraction of sp³-hybridized carbons (Fsp3) is 1.00. The van der Waals surface area contributed by atoms with Gasteiger partial charge in [0.05, 0.1) is 0 Å². The number of hydrogen-bond donors (Lipinski definition) is 0. The van der Waals surface area contributed by atoms with Crippen molar-refractivity contribution in [1.82, 2.24) is 3.12 Å². The molecule has 1 aliphatic heterocycles. The van der Waals surface area contributed by atoms with E-state index in [1.165, 1.54) is 13.1 Å². The summed E-state index contributed by atoms with van der Waals surface area (Å²) in [5.41, 5.74) is 0. The molecular formula is C7H17NOSn. The topological polar surface area (TPSA) is 12.5 Å². The van der Waals surface area contributed by atoms with Crippen molar-refractivity contribution in [2.24, 2.45) is 0 Å². The van der Waals surface area contributed by atoms with E-state index in [4.69, 9.17) is 4.74 Å². The van der Waals surface area contributed by atoms with Crippen LogP contribution in [-0.2, 0) is 4.74 Å². The molecule has 0 saturated carbocycles. The Morgan fingerprint density at radius 1 is 1.10 bits per heavy atom. The summed E-state index contributed by atoms with van der Waals surface area (Å²) in [6, 6.07) is 0. The van der Waals surface area contributed by atoms with E-state index < -0.39 is 18.7 Å². The number of hydrogen-bond acceptors (Lipinski definition) is 2. The first-order valence-electron chi connectivity index (χ1n) is 3.93. The number of ether oxygens (including phenoxy) is 1. The second-order valence-corrected chi connectivity index (χ2v) is 18.0. The fourth-order valence-corrected chi connectivity index (χ4v) is 5.58. The summed E-state index contributed by atoms with van der Waals surface area (Å²) in [5, 5.41) is 0. The van der Waals surface area contributed by atoms with Crippen LogP contribution in [0.1, 0.15) is 0 Å². The van der Waals surface area contributed by atoms with Crippen molar-refractivity contribution >= 4 is 18.7 Å². The van der Waals surface area contributed by atoms with Gasteiger partial charge in [0.2, 0.25) is 0 Å². The van der Waals surface area contributed by atoms with Crippen molar-refractivity contribution < 1.29 is 4.74 Å². The molecule has 1 heterocycles. The quantitative estimate of drug-likeness (QED) is 0.647. The van der Waals surface area contributed by atoms with Crippen molar-refractivity contribution in [2.45, 2.75) is 14.8 Å². The van der Waals surface area contributed by atoms with E-state index >= 15 is 0 Å². The molecule has 0 aliphatic carbocycles. The summed E-state index contributed by atoms with van der Waals surface area (Å²) in [6.07, 6.45) is 0. The van der Waals surface area contributed by atoms with Gasteiger partial charge in [-0.15, -0.1) is 0 Å². The van der Waals surface area contributed by atoms with Crippen LogP contribution in [-0.4, -0.2) is 48.1 Å². The van der Waals surface area contributed by atoms with Crippen molar-refractivity contribution in [3.05, 3.63) is 0 Å². The molecule has 60 valence electrons. The predicted molar refractivity (Wildman–Crippen MR) is 45.7 cm³/mol. The summed E-state index contributed by atoms with van der Waals surface area (Å²) in [4.78, 5) is 7.38. The molecule has 0 amide bonds. The van der Waals surface area contributed by atoms with Crippen molar-refractivity contribution in [2.75, 3.05) is 26.3 Å². The van der Waals surface area contributed by atoms with Gasteiger partial charge >= 0.3 is 67.6 Å². The molecule has 0 aromatic rings. The molecule has 1 fully saturated rings. The second kappa shape index (κ2) is 3.41. The van der Waals surface area contributed by atoms with Crippen LogP contribution in [0.25, 0.3) is 0 Å². The first-order valence-corrected chi connectivity index (χ1v) is 13.8. The molecule has 0 bridgehead atoms. The van der Waals surface area contributed by atoms with Gasteiger partial charge in [-0.05, 0) is 0 Å². The van der Waals surface area contributed by atoms with Gasteiger partial charge in [0.15, 0.2) is 0 Å². The minimum atomic E-state index is -1.68. The van der Waals surface area contributed by atoms with Crippen LogP contribution in [0.3, 0.4) is 0 Å². The normalized spacial score (nSPS) is 23.1. The van der Waals surface area contributed by atoms with E-state index in [0.717, 1.165) is 13.2 Å². The summed E-state index contributed by atoms with van der Waals surface area (Å²) in [7, 11) is 0. The Bertz CT molecular complexity index is 105. The summed E-state index contributed by atoms with van der Waals surface area (Å²) in [6.45, 7) is 4.27. The Morgan fingerprint density at radius 3 is 1.90 bits per heavy atom. The molecule has 0 N–H and O–H groups in total. The van der Waals surface area contributed by atoms with Gasteiger partial charge in [-0.3, -0.25) is 0 Å². The maximum absolute atomic E-state index is 5.29. The van der Waals surface area contributed by atoms with Crippen LogP contribution in [0.5, 0.6) is 0 Å². The SMILES string of the molecule is [CH3][Sn]([CH3])([CH3])[N]1CCOCC1. The zero-order valence-corrected chi connectivity index (χ0v) is 10.0. The molecular weight excluding hydrogens is 233 g/mol. The Morgan fingerprint density at radius 2 is 1.60 bits per heavy atom. The number of nitrogens with zero attached hydrogens (tertiary/aromatic N) is 1. The maximum atomic E-state index is 5.29. The molecule has 0 atom stereocenters. The van der Waals surface area contributed by atoms with E-state index in [9.17, 15) is 0 Å². The molecule has 1 aliphatic rings. The van der Waals surface area contributed by atoms with Crippen LogP contribution < -0.4 is 0 Å². The van der Waals surface area contributed by atoms with Crippen molar-refractivity contribution in [1.29, 1.82) is 0 Å². The standard InChI is InChI=1S/C4H8NO.3CH3.Sn/c1-3-6-4-2-5-1;;;;/h1-4H2;3*1H3;/q-1;;;;+1. The third-order valence-electron chi connectivity index (χ3n) is 1.96. The van der Waals surface area contributed by atoms with Crippen molar-refractivity contribution in [3.63, 3.8) is 0 Å². The number of rotatable bonds is 1. The monoisotopic (exact) mass is 251 g/mol. The molecule has 10 heavy (non-hydrogen) atoms. The molecule has 0 radical (unpaired) electrons. The van der Waals surface area contributed by atoms with Crippen LogP contribution >= 0.6 is 0 Å². The average molecular weight is 250 g/mol. The molecule has 3 heteroatoms. The first-order chi connectivity index (χ1) is 4.61. The first kappa shape index (κ1) is 8.81. The van der Waals surface area contributed by atoms with Crippen LogP contribution in [0.15, 0.2) is 0 Å². The summed E-state index contributed by atoms with van der Waals surface area (Å²) in [5.74, 6) is 0. The molecule has 2 nitrogen and oxygen atoms in total. The predicted octanol–water partition coefficient (Wildman–Crippen LogP) is 1.15. The summed E-state index contributed by atoms with van der Waals surface area (Å²) < 4.78 is 7.95. The second-order valence-electron chi connectivity index (χ2n) is 3.77. The Kier molecular flexibility index (Phi) is 3.01. The van der Waals surface area contributed by atoms with Crippen molar-refractivity contribution in [3.8, 4) is 0 Å². The molecule has 0 spiro atoms. The summed E-state index contributed by atoms with van der Waals surface area (Å²) >= 11 is -1.68. The van der Waals surface area contributed by atoms with E-state index in [0.29, 0.717) is 0 Å². The van der Waals surface area contributed by atoms with Gasteiger partial charge in [0.1, 0.15) is 0 Å². The van der Waals surface area contributed by atoms with Gasteiger partial charge in [0, 0.05) is 0 Å². The van der Waals surface area contributed by atoms with E-state index in [2.05, 4.69) is 17.9 Å². The molecule has 1 saturated heterocycles. The Hall–Kier alpha value is 0.719. The fourth-order valence-electron chi connectivity index (χ4n) is 1.23. The van der Waals surface area contributed by atoms with E-state index in [1.807, 2.05) is 0 Å². The van der Waals surface area contributed by atoms with E-state index in [1.54, 1.807) is 0 Å². The molecule has 1 rings (SSSR count). The Labute approximate surface area is 67.8 Å². The zero-order valence-electron chi connectivity index (χ0n) is 7.18. The van der Waals surface area contributed by atoms with E-state index in [-0.39, 0.29) is 0 Å². The Balaban J connectivity index is 2.39. The van der Waals surface area contributed by atoms with Crippen LogP contribution in [0.4, 0.5) is 0 Å². The molecule has 0 aromatic carbocycles. The third-order valence-corrected chi connectivity index (χ3v) is 8.65. The third kappa shape index (κ3) is 2.40. The minimum absolute atomic E-state index is 0.953. The van der Waals surface area contributed by atoms with Gasteiger partial charge in [-0.25, -0.2) is 0 Å². The van der Waals surface area contributed by atoms with Gasteiger partial charge in [-0.2, -0.15) is 0 Å².